The van der Waals surface area contributed by atoms with Gasteiger partial charge in [0.05, 0.1) is 0 Å². The number of likely N-dealkylation sites (tertiary alicyclic amines) is 1. The molecule has 0 radical (unpaired) electrons. The van der Waals surface area contributed by atoms with Crippen LogP contribution in [0.3, 0.4) is 0 Å². The summed E-state index contributed by atoms with van der Waals surface area (Å²) in [6.07, 6.45) is 3.25. The lowest BCUT2D eigenvalue weighted by Gasteiger charge is -2.25. The first-order valence-electron chi connectivity index (χ1n) is 7.81. The molecule has 23 heavy (non-hydrogen) atoms. The molecule has 0 aliphatic carbocycles. The molecule has 0 saturated carbocycles. The predicted octanol–water partition coefficient (Wildman–Crippen LogP) is 0.315. The minimum absolute atomic E-state index is 0.0463. The fraction of sp³-hybridized carbons (Fsp3) is 0.643. The molecule has 2 fully saturated rings. The Bertz CT molecular complexity index is 667. The number of H-pyrrole nitrogens is 1. The van der Waals surface area contributed by atoms with E-state index in [-0.39, 0.29) is 16.8 Å². The number of carbonyl (C=O) groups is 1. The molecule has 128 valence electrons. The molecule has 1 aromatic rings. The topological polar surface area (TPSA) is 99.5 Å². The molecular formula is C14H22N4O3S2. The first-order valence-corrected chi connectivity index (χ1v) is 10.4. The van der Waals surface area contributed by atoms with E-state index in [4.69, 9.17) is 5.73 Å². The number of hydrogen-bond donors (Lipinski definition) is 2. The second-order valence-electron chi connectivity index (χ2n) is 5.80. The van der Waals surface area contributed by atoms with Gasteiger partial charge < -0.3 is 15.6 Å². The molecule has 0 bridgehead atoms. The van der Waals surface area contributed by atoms with Crippen molar-refractivity contribution in [2.45, 2.75) is 23.8 Å². The molecule has 3 N–H and O–H groups in total. The number of nitrogens with one attached hydrogen (secondary N) is 1. The molecule has 0 spiro atoms. The van der Waals surface area contributed by atoms with Crippen molar-refractivity contribution in [1.29, 1.82) is 0 Å². The maximum Gasteiger partial charge on any atom is 0.270 e. The molecule has 0 aromatic carbocycles. The lowest BCUT2D eigenvalue weighted by atomic mass is 10.2. The highest BCUT2D eigenvalue weighted by Gasteiger charge is 2.31. The van der Waals surface area contributed by atoms with Crippen molar-refractivity contribution in [3.63, 3.8) is 0 Å². The molecule has 1 aromatic heterocycles. The van der Waals surface area contributed by atoms with Gasteiger partial charge in [-0.05, 0) is 18.9 Å². The Morgan fingerprint density at radius 1 is 1.35 bits per heavy atom. The molecule has 2 aliphatic heterocycles. The molecular weight excluding hydrogens is 336 g/mol. The van der Waals surface area contributed by atoms with Crippen molar-refractivity contribution in [2.24, 2.45) is 5.73 Å². The average molecular weight is 358 g/mol. The standard InChI is InChI=1S/C14H22N4O3S2/c15-9-11-2-1-3-18(11)14(19)13-8-12(10-16-13)23(20,21)17-4-6-22-7-5-17/h8,10-11,16H,1-7,9,15H2. The average Bonchev–Trinajstić information content (AvgIpc) is 3.24. The maximum absolute atomic E-state index is 12.6. The van der Waals surface area contributed by atoms with Gasteiger partial charge in [0.15, 0.2) is 0 Å². The van der Waals surface area contributed by atoms with E-state index in [1.807, 2.05) is 0 Å². The zero-order valence-corrected chi connectivity index (χ0v) is 14.5. The Hall–Kier alpha value is -1.03. The third kappa shape index (κ3) is 3.28. The van der Waals surface area contributed by atoms with E-state index >= 15 is 0 Å². The van der Waals surface area contributed by atoms with Crippen LogP contribution < -0.4 is 5.73 Å². The number of carbonyl (C=O) groups excluding carboxylic acids is 1. The quantitative estimate of drug-likeness (QED) is 0.807. The summed E-state index contributed by atoms with van der Waals surface area (Å²) in [7, 11) is -3.52. The normalized spacial score (nSPS) is 23.3. The molecule has 2 aliphatic rings. The van der Waals surface area contributed by atoms with Crippen LogP contribution in [0.5, 0.6) is 0 Å². The Morgan fingerprint density at radius 2 is 2.09 bits per heavy atom. The lowest BCUT2D eigenvalue weighted by molar-refractivity contribution is 0.0736. The van der Waals surface area contributed by atoms with Crippen LogP contribution in [0.2, 0.25) is 0 Å². The number of sulfonamides is 1. The summed E-state index contributed by atoms with van der Waals surface area (Å²) in [5, 5.41) is 0. The minimum Gasteiger partial charge on any atom is -0.356 e. The zero-order valence-electron chi connectivity index (χ0n) is 12.9. The van der Waals surface area contributed by atoms with E-state index in [2.05, 4.69) is 4.98 Å². The molecule has 3 heterocycles. The van der Waals surface area contributed by atoms with Crippen LogP contribution in [0.15, 0.2) is 17.2 Å². The van der Waals surface area contributed by atoms with Crippen LogP contribution >= 0.6 is 11.8 Å². The second-order valence-corrected chi connectivity index (χ2v) is 8.96. The third-order valence-corrected chi connectivity index (χ3v) is 7.22. The number of aromatic nitrogens is 1. The fourth-order valence-corrected chi connectivity index (χ4v) is 5.66. The highest BCUT2D eigenvalue weighted by Crippen LogP contribution is 2.23. The highest BCUT2D eigenvalue weighted by molar-refractivity contribution is 7.99. The number of nitrogens with zero attached hydrogens (tertiary/aromatic N) is 2. The van der Waals surface area contributed by atoms with Gasteiger partial charge in [-0.1, -0.05) is 0 Å². The molecule has 2 saturated heterocycles. The maximum atomic E-state index is 12.6. The van der Waals surface area contributed by atoms with Crippen LogP contribution in [0.1, 0.15) is 23.3 Å². The number of rotatable bonds is 4. The van der Waals surface area contributed by atoms with Gasteiger partial charge in [0.2, 0.25) is 10.0 Å². The third-order valence-electron chi connectivity index (χ3n) is 4.40. The SMILES string of the molecule is NCC1CCCN1C(=O)c1cc(S(=O)(=O)N2CCSCC2)c[nH]1. The predicted molar refractivity (Wildman–Crippen MR) is 90.0 cm³/mol. The van der Waals surface area contributed by atoms with E-state index < -0.39 is 10.0 Å². The number of aromatic amines is 1. The summed E-state index contributed by atoms with van der Waals surface area (Å²) in [5.41, 5.74) is 6.02. The number of hydrogen-bond acceptors (Lipinski definition) is 5. The first kappa shape index (κ1) is 16.8. The molecule has 9 heteroatoms. The Balaban J connectivity index is 1.78. The van der Waals surface area contributed by atoms with Gasteiger partial charge in [0, 0.05) is 49.9 Å². The molecule has 1 atom stereocenters. The monoisotopic (exact) mass is 358 g/mol. The van der Waals surface area contributed by atoms with Gasteiger partial charge in [-0.2, -0.15) is 16.1 Å². The second kappa shape index (κ2) is 6.84. The van der Waals surface area contributed by atoms with Gasteiger partial charge >= 0.3 is 0 Å². The zero-order chi connectivity index (χ0) is 16.4. The van der Waals surface area contributed by atoms with Crippen LogP contribution in [0.25, 0.3) is 0 Å². The summed E-state index contributed by atoms with van der Waals surface area (Å²) in [5.74, 6) is 1.44. The van der Waals surface area contributed by atoms with E-state index in [0.29, 0.717) is 31.9 Å². The van der Waals surface area contributed by atoms with E-state index in [1.54, 1.807) is 16.7 Å². The van der Waals surface area contributed by atoms with Gasteiger partial charge in [0.25, 0.3) is 5.91 Å². The number of amides is 1. The summed E-state index contributed by atoms with van der Waals surface area (Å²) >= 11 is 1.75. The van der Waals surface area contributed by atoms with Crippen molar-refractivity contribution >= 4 is 27.7 Å². The van der Waals surface area contributed by atoms with Crippen LogP contribution in [-0.4, -0.2) is 72.2 Å². The largest absolute Gasteiger partial charge is 0.356 e. The Labute approximate surface area is 140 Å². The van der Waals surface area contributed by atoms with Gasteiger partial charge in [0.1, 0.15) is 10.6 Å². The van der Waals surface area contributed by atoms with Crippen molar-refractivity contribution in [2.75, 3.05) is 37.7 Å². The van der Waals surface area contributed by atoms with Gasteiger partial charge in [-0.3, -0.25) is 4.79 Å². The molecule has 3 rings (SSSR count). The smallest absolute Gasteiger partial charge is 0.270 e. The van der Waals surface area contributed by atoms with Gasteiger partial charge in [-0.15, -0.1) is 0 Å². The summed E-state index contributed by atoms with van der Waals surface area (Å²) < 4.78 is 26.7. The summed E-state index contributed by atoms with van der Waals surface area (Å²) in [6.45, 7) is 2.14. The van der Waals surface area contributed by atoms with Crippen LogP contribution in [0.4, 0.5) is 0 Å². The fourth-order valence-electron chi connectivity index (χ4n) is 3.09. The summed E-state index contributed by atoms with van der Waals surface area (Å²) in [4.78, 5) is 17.3. The molecule has 7 nitrogen and oxygen atoms in total. The molecule has 1 unspecified atom stereocenters. The van der Waals surface area contributed by atoms with Crippen LogP contribution in [0, 0.1) is 0 Å². The lowest BCUT2D eigenvalue weighted by Crippen LogP contribution is -2.40. The number of thioether (sulfide) groups is 1. The van der Waals surface area contributed by atoms with Gasteiger partial charge in [-0.25, -0.2) is 8.42 Å². The van der Waals surface area contributed by atoms with E-state index in [1.165, 1.54) is 16.6 Å². The first-order chi connectivity index (χ1) is 11.0. The number of nitrogens with two attached hydrogens (primary N) is 1. The van der Waals surface area contributed by atoms with Crippen molar-refractivity contribution < 1.29 is 13.2 Å². The Kier molecular flexibility index (Phi) is 5.00. The highest BCUT2D eigenvalue weighted by atomic mass is 32.2. The summed E-state index contributed by atoms with van der Waals surface area (Å²) in [6, 6.07) is 1.50. The van der Waals surface area contributed by atoms with E-state index in [9.17, 15) is 13.2 Å². The van der Waals surface area contributed by atoms with E-state index in [0.717, 1.165) is 24.3 Å². The van der Waals surface area contributed by atoms with Crippen LogP contribution in [-0.2, 0) is 10.0 Å². The molecule has 1 amide bonds. The van der Waals surface area contributed by atoms with Crippen molar-refractivity contribution in [3.05, 3.63) is 18.0 Å². The van der Waals surface area contributed by atoms with Crippen molar-refractivity contribution in [3.8, 4) is 0 Å². The van der Waals surface area contributed by atoms with Crippen molar-refractivity contribution in [1.82, 2.24) is 14.2 Å². The minimum atomic E-state index is -3.52. The Morgan fingerprint density at radius 3 is 2.78 bits per heavy atom.